The van der Waals surface area contributed by atoms with Gasteiger partial charge >= 0.3 is 0 Å². The monoisotopic (exact) mass is 245 g/mol. The number of hydrogen-bond acceptors (Lipinski definition) is 3. The van der Waals surface area contributed by atoms with Gasteiger partial charge in [-0.1, -0.05) is 23.3 Å². The third-order valence-electron chi connectivity index (χ3n) is 2.68. The second-order valence-electron chi connectivity index (χ2n) is 3.85. The van der Waals surface area contributed by atoms with E-state index < -0.39 is 6.04 Å². The third kappa shape index (κ3) is 2.41. The predicted octanol–water partition coefficient (Wildman–Crippen LogP) is 0.594. The zero-order valence-electron chi connectivity index (χ0n) is 9.41. The first kappa shape index (κ1) is 11.9. The Morgan fingerprint density at radius 3 is 2.78 bits per heavy atom. The molecule has 1 aliphatic rings. The van der Waals surface area contributed by atoms with Gasteiger partial charge in [0.25, 0.3) is 5.91 Å². The van der Waals surface area contributed by atoms with Crippen LogP contribution in [0.2, 0.25) is 0 Å². The molecule has 0 radical (unpaired) electrons. The average molecular weight is 245 g/mol. The first-order valence-corrected chi connectivity index (χ1v) is 5.39. The molecule has 1 aromatic rings. The van der Waals surface area contributed by atoms with Crippen molar-refractivity contribution in [2.45, 2.75) is 12.1 Å². The van der Waals surface area contributed by atoms with Gasteiger partial charge in [-0.2, -0.15) is 0 Å². The van der Waals surface area contributed by atoms with Crippen LogP contribution in [0.3, 0.4) is 0 Å². The molecule has 0 bridgehead atoms. The minimum absolute atomic E-state index is 0.127. The molecule has 1 saturated heterocycles. The Morgan fingerprint density at radius 1 is 1.44 bits per heavy atom. The van der Waals surface area contributed by atoms with Crippen molar-refractivity contribution in [3.05, 3.63) is 46.3 Å². The van der Waals surface area contributed by atoms with E-state index in [-0.39, 0.29) is 24.4 Å². The topological polar surface area (TPSA) is 107 Å². The molecular weight excluding hydrogens is 234 g/mol. The Bertz CT molecular complexity index is 509. The van der Waals surface area contributed by atoms with Crippen molar-refractivity contribution in [1.29, 1.82) is 0 Å². The molecule has 0 saturated carbocycles. The normalized spacial score (nSPS) is 21.2. The number of amides is 2. The van der Waals surface area contributed by atoms with Gasteiger partial charge < -0.3 is 10.6 Å². The summed E-state index contributed by atoms with van der Waals surface area (Å²) in [6, 6.07) is 7.64. The molecule has 7 heteroatoms. The average Bonchev–Trinajstić information content (AvgIpc) is 2.41. The Kier molecular flexibility index (Phi) is 3.45. The molecule has 1 aliphatic heterocycles. The molecule has 0 spiro atoms. The molecule has 1 fully saturated rings. The number of β-lactam (4-membered cyclic amide) rings is 1. The molecule has 2 atom stereocenters. The number of hydrogen-bond donors (Lipinski definition) is 2. The highest BCUT2D eigenvalue weighted by molar-refractivity contribution is 5.99. The van der Waals surface area contributed by atoms with Gasteiger partial charge in [-0.25, -0.2) is 0 Å². The first-order valence-electron chi connectivity index (χ1n) is 5.39. The number of azide groups is 1. The van der Waals surface area contributed by atoms with Crippen LogP contribution in [-0.2, 0) is 4.79 Å². The van der Waals surface area contributed by atoms with Crippen LogP contribution in [0, 0.1) is 0 Å². The molecule has 18 heavy (non-hydrogen) atoms. The number of carbonyl (C=O) groups is 2. The SMILES string of the molecule is [N-]=[N+]=NCC1NC(=O)C1NC(=O)c1ccccc1. The standard InChI is InChI=1S/C11H11N5O2/c12-16-13-6-8-9(11(18)14-8)15-10(17)7-4-2-1-3-5-7/h1-5,8-9H,6H2,(H,14,18)(H,15,17). The van der Waals surface area contributed by atoms with E-state index in [0.717, 1.165) is 0 Å². The van der Waals surface area contributed by atoms with Crippen molar-refractivity contribution in [3.63, 3.8) is 0 Å². The molecular formula is C11H11N5O2. The van der Waals surface area contributed by atoms with E-state index in [4.69, 9.17) is 5.53 Å². The lowest BCUT2D eigenvalue weighted by molar-refractivity contribution is -0.131. The summed E-state index contributed by atoms with van der Waals surface area (Å²) in [5.41, 5.74) is 8.69. The summed E-state index contributed by atoms with van der Waals surface area (Å²) in [5, 5.41) is 8.55. The van der Waals surface area contributed by atoms with E-state index in [0.29, 0.717) is 5.56 Å². The first-order chi connectivity index (χ1) is 8.72. The van der Waals surface area contributed by atoms with Gasteiger partial charge in [0.05, 0.1) is 6.04 Å². The number of benzene rings is 1. The minimum Gasteiger partial charge on any atom is -0.349 e. The molecule has 2 unspecified atom stereocenters. The van der Waals surface area contributed by atoms with Crippen LogP contribution < -0.4 is 10.6 Å². The van der Waals surface area contributed by atoms with Crippen LogP contribution in [0.15, 0.2) is 35.4 Å². The maximum Gasteiger partial charge on any atom is 0.251 e. The van der Waals surface area contributed by atoms with Gasteiger partial charge in [0.2, 0.25) is 5.91 Å². The molecule has 7 nitrogen and oxygen atoms in total. The fourth-order valence-electron chi connectivity index (χ4n) is 1.70. The van der Waals surface area contributed by atoms with E-state index >= 15 is 0 Å². The van der Waals surface area contributed by atoms with Crippen LogP contribution in [0.4, 0.5) is 0 Å². The van der Waals surface area contributed by atoms with Crippen molar-refractivity contribution in [3.8, 4) is 0 Å². The van der Waals surface area contributed by atoms with Crippen molar-refractivity contribution in [1.82, 2.24) is 10.6 Å². The molecule has 1 aromatic carbocycles. The zero-order valence-corrected chi connectivity index (χ0v) is 9.41. The van der Waals surface area contributed by atoms with Crippen LogP contribution in [0.25, 0.3) is 10.4 Å². The highest BCUT2D eigenvalue weighted by Gasteiger charge is 2.39. The van der Waals surface area contributed by atoms with Crippen LogP contribution in [0.5, 0.6) is 0 Å². The summed E-state index contributed by atoms with van der Waals surface area (Å²) < 4.78 is 0. The maximum atomic E-state index is 11.8. The van der Waals surface area contributed by atoms with E-state index in [2.05, 4.69) is 20.7 Å². The van der Waals surface area contributed by atoms with Gasteiger partial charge in [-0.05, 0) is 17.7 Å². The maximum absolute atomic E-state index is 11.8. The number of nitrogens with zero attached hydrogens (tertiary/aromatic N) is 3. The largest absolute Gasteiger partial charge is 0.349 e. The summed E-state index contributed by atoms with van der Waals surface area (Å²) in [4.78, 5) is 25.7. The summed E-state index contributed by atoms with van der Waals surface area (Å²) in [6.45, 7) is 0.127. The quantitative estimate of drug-likeness (QED) is 0.350. The minimum atomic E-state index is -0.636. The smallest absolute Gasteiger partial charge is 0.251 e. The lowest BCUT2D eigenvalue weighted by Gasteiger charge is -2.36. The van der Waals surface area contributed by atoms with E-state index in [9.17, 15) is 9.59 Å². The predicted molar refractivity (Wildman–Crippen MR) is 63.6 cm³/mol. The molecule has 0 aromatic heterocycles. The summed E-state index contributed by atoms with van der Waals surface area (Å²) in [6.07, 6.45) is 0. The fraction of sp³-hybridized carbons (Fsp3) is 0.273. The lowest BCUT2D eigenvalue weighted by Crippen LogP contribution is -2.70. The van der Waals surface area contributed by atoms with Crippen molar-refractivity contribution in [2.24, 2.45) is 5.11 Å². The number of carbonyl (C=O) groups excluding carboxylic acids is 2. The summed E-state index contributed by atoms with van der Waals surface area (Å²) in [7, 11) is 0. The molecule has 92 valence electrons. The molecule has 2 N–H and O–H groups in total. The Hall–Kier alpha value is -2.53. The number of nitrogens with one attached hydrogen (secondary N) is 2. The Morgan fingerprint density at radius 2 is 2.17 bits per heavy atom. The molecule has 1 heterocycles. The third-order valence-corrected chi connectivity index (χ3v) is 2.68. The number of rotatable bonds is 4. The second-order valence-corrected chi connectivity index (χ2v) is 3.85. The second kappa shape index (κ2) is 5.20. The van der Waals surface area contributed by atoms with Crippen molar-refractivity contribution >= 4 is 11.8 Å². The van der Waals surface area contributed by atoms with E-state index in [1.807, 2.05) is 0 Å². The van der Waals surface area contributed by atoms with E-state index in [1.54, 1.807) is 30.3 Å². The van der Waals surface area contributed by atoms with Gasteiger partial charge in [0, 0.05) is 17.0 Å². The molecule has 2 amide bonds. The molecule has 2 rings (SSSR count). The van der Waals surface area contributed by atoms with Crippen LogP contribution in [0.1, 0.15) is 10.4 Å². The highest BCUT2D eigenvalue weighted by Crippen LogP contribution is 2.08. The molecule has 0 aliphatic carbocycles. The van der Waals surface area contributed by atoms with E-state index in [1.165, 1.54) is 0 Å². The van der Waals surface area contributed by atoms with Gasteiger partial charge in [-0.3, -0.25) is 9.59 Å². The van der Waals surface area contributed by atoms with Crippen molar-refractivity contribution < 1.29 is 9.59 Å². The Balaban J connectivity index is 1.98. The van der Waals surface area contributed by atoms with Crippen LogP contribution in [-0.4, -0.2) is 30.4 Å². The zero-order chi connectivity index (χ0) is 13.0. The van der Waals surface area contributed by atoms with Gasteiger partial charge in [0.1, 0.15) is 6.04 Å². The highest BCUT2D eigenvalue weighted by atomic mass is 16.2. The van der Waals surface area contributed by atoms with Crippen LogP contribution >= 0.6 is 0 Å². The van der Waals surface area contributed by atoms with Crippen molar-refractivity contribution in [2.75, 3.05) is 6.54 Å². The van der Waals surface area contributed by atoms with Gasteiger partial charge in [0.15, 0.2) is 0 Å². The lowest BCUT2D eigenvalue weighted by atomic mass is 9.98. The summed E-state index contributed by atoms with van der Waals surface area (Å²) >= 11 is 0. The summed E-state index contributed by atoms with van der Waals surface area (Å²) in [5.74, 6) is -0.584. The fourth-order valence-corrected chi connectivity index (χ4v) is 1.70. The Labute approximate surface area is 103 Å². The van der Waals surface area contributed by atoms with Gasteiger partial charge in [-0.15, -0.1) is 0 Å².